The molecule has 2 heteroatoms. The molecular formula is C14H19NO. The first-order valence-corrected chi connectivity index (χ1v) is 6.33. The summed E-state index contributed by atoms with van der Waals surface area (Å²) in [5.41, 5.74) is 7.18. The zero-order chi connectivity index (χ0) is 11.0. The molecule has 0 aliphatic heterocycles. The van der Waals surface area contributed by atoms with Crippen LogP contribution in [0.2, 0.25) is 0 Å². The van der Waals surface area contributed by atoms with Gasteiger partial charge in [-0.15, -0.1) is 0 Å². The molecule has 2 unspecified atom stereocenters. The highest BCUT2D eigenvalue weighted by molar-refractivity contribution is 5.32. The van der Waals surface area contributed by atoms with E-state index in [-0.39, 0.29) is 0 Å². The summed E-state index contributed by atoms with van der Waals surface area (Å²) in [7, 11) is 0. The van der Waals surface area contributed by atoms with Crippen LogP contribution in [0.1, 0.15) is 37.2 Å². The number of nitrogens with two attached hydrogens (primary N) is 1. The average molecular weight is 217 g/mol. The largest absolute Gasteiger partial charge is 0.490 e. The molecule has 2 aliphatic carbocycles. The molecule has 0 bridgehead atoms. The molecule has 16 heavy (non-hydrogen) atoms. The Kier molecular flexibility index (Phi) is 2.60. The molecular weight excluding hydrogens is 198 g/mol. The molecule has 0 heterocycles. The Morgan fingerprint density at radius 1 is 1.19 bits per heavy atom. The van der Waals surface area contributed by atoms with Crippen molar-refractivity contribution in [2.24, 2.45) is 11.7 Å². The van der Waals surface area contributed by atoms with Gasteiger partial charge in [0.05, 0.1) is 6.10 Å². The van der Waals surface area contributed by atoms with Crippen molar-refractivity contribution in [3.05, 3.63) is 29.8 Å². The van der Waals surface area contributed by atoms with E-state index in [1.807, 2.05) is 0 Å². The van der Waals surface area contributed by atoms with Crippen molar-refractivity contribution < 1.29 is 4.74 Å². The minimum absolute atomic E-state index is 0.488. The van der Waals surface area contributed by atoms with E-state index in [1.165, 1.54) is 31.2 Å². The lowest BCUT2D eigenvalue weighted by Crippen LogP contribution is -2.30. The van der Waals surface area contributed by atoms with Gasteiger partial charge in [0.15, 0.2) is 0 Å². The van der Waals surface area contributed by atoms with Crippen LogP contribution in [0.4, 0.5) is 0 Å². The fourth-order valence-electron chi connectivity index (χ4n) is 2.49. The Morgan fingerprint density at radius 2 is 2.06 bits per heavy atom. The Labute approximate surface area is 96.8 Å². The van der Waals surface area contributed by atoms with Gasteiger partial charge in [-0.25, -0.2) is 0 Å². The number of hydrogen-bond acceptors (Lipinski definition) is 2. The lowest BCUT2D eigenvalue weighted by Gasteiger charge is -2.36. The molecule has 2 saturated carbocycles. The third kappa shape index (κ3) is 1.94. The third-order valence-electron chi connectivity index (χ3n) is 3.83. The summed E-state index contributed by atoms with van der Waals surface area (Å²) in [5.74, 6) is 2.41. The SMILES string of the molecule is NCC1CCC1c1cccc(OC2CC2)c1. The molecule has 2 aliphatic rings. The van der Waals surface area contributed by atoms with Gasteiger partial charge in [0, 0.05) is 0 Å². The lowest BCUT2D eigenvalue weighted by molar-refractivity contribution is 0.261. The molecule has 0 amide bonds. The molecule has 1 aromatic rings. The summed E-state index contributed by atoms with van der Waals surface area (Å²) in [6.07, 6.45) is 5.50. The van der Waals surface area contributed by atoms with Gasteiger partial charge in [-0.1, -0.05) is 12.1 Å². The minimum Gasteiger partial charge on any atom is -0.490 e. The van der Waals surface area contributed by atoms with Crippen molar-refractivity contribution in [1.29, 1.82) is 0 Å². The average Bonchev–Trinajstić information content (AvgIpc) is 3.01. The van der Waals surface area contributed by atoms with Gasteiger partial charge < -0.3 is 10.5 Å². The topological polar surface area (TPSA) is 35.2 Å². The highest BCUT2D eigenvalue weighted by Gasteiger charge is 2.31. The predicted molar refractivity (Wildman–Crippen MR) is 64.6 cm³/mol. The Hall–Kier alpha value is -1.02. The smallest absolute Gasteiger partial charge is 0.120 e. The summed E-state index contributed by atoms with van der Waals surface area (Å²) >= 11 is 0. The van der Waals surface area contributed by atoms with Crippen LogP contribution in [-0.2, 0) is 0 Å². The highest BCUT2D eigenvalue weighted by Crippen LogP contribution is 2.42. The van der Waals surface area contributed by atoms with Gasteiger partial charge in [0.25, 0.3) is 0 Å². The molecule has 0 radical (unpaired) electrons. The van der Waals surface area contributed by atoms with Gasteiger partial charge in [0.2, 0.25) is 0 Å². The minimum atomic E-state index is 0.488. The van der Waals surface area contributed by atoms with Crippen LogP contribution in [0.15, 0.2) is 24.3 Å². The second-order valence-electron chi connectivity index (χ2n) is 5.07. The van der Waals surface area contributed by atoms with E-state index in [0.29, 0.717) is 17.9 Å². The first-order chi connectivity index (χ1) is 7.86. The van der Waals surface area contributed by atoms with E-state index in [1.54, 1.807) is 0 Å². The van der Waals surface area contributed by atoms with Crippen LogP contribution in [0, 0.1) is 5.92 Å². The fraction of sp³-hybridized carbons (Fsp3) is 0.571. The molecule has 2 atom stereocenters. The number of benzene rings is 1. The number of ether oxygens (including phenoxy) is 1. The van der Waals surface area contributed by atoms with Crippen molar-refractivity contribution in [2.75, 3.05) is 6.54 Å². The molecule has 0 spiro atoms. The molecule has 2 nitrogen and oxygen atoms in total. The quantitative estimate of drug-likeness (QED) is 0.841. The summed E-state index contributed by atoms with van der Waals surface area (Å²) in [6.45, 7) is 0.818. The Bertz CT molecular complexity index is 371. The van der Waals surface area contributed by atoms with Crippen LogP contribution in [0.5, 0.6) is 5.75 Å². The van der Waals surface area contributed by atoms with Crippen molar-refractivity contribution in [3.8, 4) is 5.75 Å². The third-order valence-corrected chi connectivity index (χ3v) is 3.83. The second-order valence-corrected chi connectivity index (χ2v) is 5.07. The second kappa shape index (κ2) is 4.10. The van der Waals surface area contributed by atoms with E-state index in [4.69, 9.17) is 10.5 Å². The molecule has 86 valence electrons. The van der Waals surface area contributed by atoms with Crippen molar-refractivity contribution in [2.45, 2.75) is 37.7 Å². The van der Waals surface area contributed by atoms with Gasteiger partial charge in [-0.3, -0.25) is 0 Å². The summed E-state index contributed by atoms with van der Waals surface area (Å²) in [4.78, 5) is 0. The highest BCUT2D eigenvalue weighted by atomic mass is 16.5. The molecule has 0 saturated heterocycles. The maximum Gasteiger partial charge on any atom is 0.120 e. The standard InChI is InChI=1S/C14H19NO/c15-9-11-4-7-14(11)10-2-1-3-13(8-10)16-12-5-6-12/h1-3,8,11-12,14H,4-7,9,15H2. The summed E-state index contributed by atoms with van der Waals surface area (Å²) in [6, 6.07) is 8.61. The van der Waals surface area contributed by atoms with Gasteiger partial charge >= 0.3 is 0 Å². The predicted octanol–water partition coefficient (Wildman–Crippen LogP) is 2.68. The van der Waals surface area contributed by atoms with E-state index < -0.39 is 0 Å². The molecule has 3 rings (SSSR count). The fourth-order valence-corrected chi connectivity index (χ4v) is 2.49. The van der Waals surface area contributed by atoms with Crippen molar-refractivity contribution in [3.63, 3.8) is 0 Å². The Morgan fingerprint density at radius 3 is 2.69 bits per heavy atom. The van der Waals surface area contributed by atoms with Gasteiger partial charge in [-0.05, 0) is 61.8 Å². The normalized spacial score (nSPS) is 28.6. The maximum atomic E-state index is 5.82. The van der Waals surface area contributed by atoms with E-state index in [0.717, 1.165) is 12.3 Å². The molecule has 2 fully saturated rings. The summed E-state index contributed by atoms with van der Waals surface area (Å²) < 4.78 is 5.82. The summed E-state index contributed by atoms with van der Waals surface area (Å²) in [5, 5.41) is 0. The first kappa shape index (κ1) is 10.2. The maximum absolute atomic E-state index is 5.82. The van der Waals surface area contributed by atoms with Crippen molar-refractivity contribution >= 4 is 0 Å². The zero-order valence-electron chi connectivity index (χ0n) is 9.56. The van der Waals surface area contributed by atoms with Crippen LogP contribution in [0.25, 0.3) is 0 Å². The van der Waals surface area contributed by atoms with E-state index in [2.05, 4.69) is 24.3 Å². The molecule has 1 aromatic carbocycles. The number of hydrogen-bond donors (Lipinski definition) is 1. The van der Waals surface area contributed by atoms with Gasteiger partial charge in [0.1, 0.15) is 5.75 Å². The van der Waals surface area contributed by atoms with Crippen LogP contribution >= 0.6 is 0 Å². The van der Waals surface area contributed by atoms with E-state index >= 15 is 0 Å². The van der Waals surface area contributed by atoms with Crippen LogP contribution in [-0.4, -0.2) is 12.6 Å². The molecule has 2 N–H and O–H groups in total. The van der Waals surface area contributed by atoms with E-state index in [9.17, 15) is 0 Å². The number of rotatable bonds is 4. The Balaban J connectivity index is 1.73. The molecule has 0 aromatic heterocycles. The monoisotopic (exact) mass is 217 g/mol. The van der Waals surface area contributed by atoms with Crippen LogP contribution < -0.4 is 10.5 Å². The van der Waals surface area contributed by atoms with Crippen molar-refractivity contribution in [1.82, 2.24) is 0 Å². The zero-order valence-corrected chi connectivity index (χ0v) is 9.56. The first-order valence-electron chi connectivity index (χ1n) is 6.33. The van der Waals surface area contributed by atoms with Crippen LogP contribution in [0.3, 0.4) is 0 Å². The van der Waals surface area contributed by atoms with Gasteiger partial charge in [-0.2, -0.15) is 0 Å². The lowest BCUT2D eigenvalue weighted by atomic mass is 9.70.